The van der Waals surface area contributed by atoms with E-state index < -0.39 is 35.7 Å². The lowest BCUT2D eigenvalue weighted by Gasteiger charge is -2.27. The Labute approximate surface area is 275 Å². The molecule has 11 heteroatoms. The van der Waals surface area contributed by atoms with Gasteiger partial charge in [0.1, 0.15) is 35.8 Å². The third kappa shape index (κ3) is 6.05. The number of hydrogen-bond acceptors (Lipinski definition) is 8. The Morgan fingerprint density at radius 3 is 2.62 bits per heavy atom. The smallest absolute Gasteiger partial charge is 0.266 e. The summed E-state index contributed by atoms with van der Waals surface area (Å²) in [5.74, 6) is -1.71. The molecule has 3 aromatic carbocycles. The number of carbonyl (C=O) groups excluding carboxylic acids is 5. The number of hydrogen-bond donors (Lipinski definition) is 2. The summed E-state index contributed by atoms with van der Waals surface area (Å²) in [7, 11) is 0. The summed E-state index contributed by atoms with van der Waals surface area (Å²) in [6.07, 6.45) is 7.75. The molecule has 1 saturated heterocycles. The lowest BCUT2D eigenvalue weighted by Crippen LogP contribution is -2.54. The van der Waals surface area contributed by atoms with E-state index in [1.807, 2.05) is 72.8 Å². The van der Waals surface area contributed by atoms with Crippen molar-refractivity contribution in [3.63, 3.8) is 0 Å². The van der Waals surface area contributed by atoms with E-state index in [-0.39, 0.29) is 48.7 Å². The molecule has 0 spiro atoms. The highest BCUT2D eigenvalue weighted by Gasteiger charge is 2.46. The number of para-hydroxylation sites is 1. The standard InChI is InChI=1S/C37H30N4O7/c42-31-16-15-27(35(44)40-31)41-36(45)26-8-5-10-29(33(26)37(41)46)47-21-23-13-11-22(12-14-23)18-32(43)39-34(25-7-3-4-17-38-20-25)30-19-24-6-1-2-9-28(24)48-30/h1-14,19-20,27,34H,15-18,21H2,(H,39,43)(H,40,42,44). The fourth-order valence-corrected chi connectivity index (χ4v) is 6.05. The van der Waals surface area contributed by atoms with Crippen molar-refractivity contribution in [1.82, 2.24) is 15.5 Å². The van der Waals surface area contributed by atoms with Gasteiger partial charge in [0.05, 0.1) is 24.1 Å². The Kier molecular flexibility index (Phi) is 8.24. The third-order valence-corrected chi connectivity index (χ3v) is 8.46. The quantitative estimate of drug-likeness (QED) is 0.258. The van der Waals surface area contributed by atoms with E-state index >= 15 is 0 Å². The Balaban J connectivity index is 1.01. The Hall–Kier alpha value is -6.10. The molecule has 3 aliphatic rings. The number of aliphatic imine (C=N–C) groups is 1. The molecule has 4 aromatic rings. The Morgan fingerprint density at radius 1 is 1.00 bits per heavy atom. The van der Waals surface area contributed by atoms with Crippen LogP contribution in [0, 0.1) is 0 Å². The fourth-order valence-electron chi connectivity index (χ4n) is 6.05. The van der Waals surface area contributed by atoms with Crippen LogP contribution >= 0.6 is 0 Å². The minimum Gasteiger partial charge on any atom is -0.488 e. The molecule has 1 fully saturated rings. The minimum atomic E-state index is -1.06. The van der Waals surface area contributed by atoms with Crippen LogP contribution in [-0.4, -0.2) is 53.2 Å². The monoisotopic (exact) mass is 642 g/mol. The van der Waals surface area contributed by atoms with Gasteiger partial charge in [-0.15, -0.1) is 0 Å². The predicted molar refractivity (Wildman–Crippen MR) is 175 cm³/mol. The van der Waals surface area contributed by atoms with E-state index in [4.69, 9.17) is 9.15 Å². The van der Waals surface area contributed by atoms with E-state index in [2.05, 4.69) is 15.6 Å². The van der Waals surface area contributed by atoms with E-state index in [1.165, 1.54) is 6.07 Å². The summed E-state index contributed by atoms with van der Waals surface area (Å²) in [4.78, 5) is 69.1. The maximum Gasteiger partial charge on any atom is 0.266 e. The number of piperidine rings is 1. The number of rotatable bonds is 9. The van der Waals surface area contributed by atoms with Crippen molar-refractivity contribution in [2.24, 2.45) is 4.99 Å². The van der Waals surface area contributed by atoms with Gasteiger partial charge in [0.15, 0.2) is 0 Å². The highest BCUT2D eigenvalue weighted by molar-refractivity contribution is 6.24. The largest absolute Gasteiger partial charge is 0.488 e. The number of amides is 5. The van der Waals surface area contributed by atoms with Crippen molar-refractivity contribution in [2.75, 3.05) is 6.54 Å². The average molecular weight is 643 g/mol. The molecule has 48 heavy (non-hydrogen) atoms. The summed E-state index contributed by atoms with van der Waals surface area (Å²) in [5.41, 5.74) is 3.33. The molecule has 0 bridgehead atoms. The molecular formula is C37H30N4O7. The number of furan rings is 1. The first-order chi connectivity index (χ1) is 23.4. The lowest BCUT2D eigenvalue weighted by atomic mass is 10.0. The molecule has 1 aromatic heterocycles. The number of nitrogens with zero attached hydrogens (tertiary/aromatic N) is 2. The van der Waals surface area contributed by atoms with E-state index in [1.54, 1.807) is 18.3 Å². The van der Waals surface area contributed by atoms with Gasteiger partial charge in [-0.1, -0.05) is 66.8 Å². The molecule has 0 aliphatic carbocycles. The number of ether oxygens (including phenoxy) is 1. The van der Waals surface area contributed by atoms with Gasteiger partial charge >= 0.3 is 0 Å². The van der Waals surface area contributed by atoms with E-state index in [0.717, 1.165) is 32.6 Å². The lowest BCUT2D eigenvalue weighted by molar-refractivity contribution is -0.136. The maximum atomic E-state index is 13.3. The molecule has 2 unspecified atom stereocenters. The van der Waals surface area contributed by atoms with Crippen LogP contribution in [-0.2, 0) is 27.4 Å². The van der Waals surface area contributed by atoms with Crippen LogP contribution < -0.4 is 15.4 Å². The van der Waals surface area contributed by atoms with Crippen LogP contribution in [0.1, 0.15) is 56.5 Å². The van der Waals surface area contributed by atoms with Crippen molar-refractivity contribution in [3.05, 3.63) is 125 Å². The summed E-state index contributed by atoms with van der Waals surface area (Å²) in [5, 5.41) is 6.24. The zero-order chi connectivity index (χ0) is 33.2. The van der Waals surface area contributed by atoms with Crippen molar-refractivity contribution in [2.45, 2.75) is 38.0 Å². The van der Waals surface area contributed by atoms with Crippen molar-refractivity contribution in [3.8, 4) is 5.75 Å². The number of nitrogens with one attached hydrogen (secondary N) is 2. The summed E-state index contributed by atoms with van der Waals surface area (Å²) < 4.78 is 12.1. The van der Waals surface area contributed by atoms with Gasteiger partial charge in [-0.2, -0.15) is 0 Å². The molecule has 5 amide bonds. The SMILES string of the molecule is O=C1CCC(N2C(=O)c3cccc(OCc4ccc(CC(=O)NC(C5=CC=CCN=C5)c5cc6ccccc6o5)cc4)c3C2=O)C(=O)N1. The summed E-state index contributed by atoms with van der Waals surface area (Å²) in [6, 6.07) is 20.1. The first-order valence-electron chi connectivity index (χ1n) is 15.6. The molecule has 2 N–H and O–H groups in total. The van der Waals surface area contributed by atoms with Crippen molar-refractivity contribution in [1.29, 1.82) is 0 Å². The number of imide groups is 2. The van der Waals surface area contributed by atoms with Crippen LogP contribution in [0.4, 0.5) is 0 Å². The maximum absolute atomic E-state index is 13.3. The van der Waals surface area contributed by atoms with Crippen LogP contribution in [0.2, 0.25) is 0 Å². The minimum absolute atomic E-state index is 0.0389. The second kappa shape index (κ2) is 13.0. The first kappa shape index (κ1) is 30.5. The number of benzene rings is 3. The molecule has 3 aliphatic heterocycles. The van der Waals surface area contributed by atoms with Gasteiger partial charge in [-0.25, -0.2) is 0 Å². The van der Waals surface area contributed by atoms with Gasteiger partial charge in [-0.3, -0.25) is 39.2 Å². The molecule has 4 heterocycles. The molecular weight excluding hydrogens is 612 g/mol. The number of fused-ring (bicyclic) bond motifs is 2. The predicted octanol–water partition coefficient (Wildman–Crippen LogP) is 4.38. The first-order valence-corrected chi connectivity index (χ1v) is 15.6. The zero-order valence-corrected chi connectivity index (χ0v) is 25.7. The Morgan fingerprint density at radius 2 is 1.81 bits per heavy atom. The van der Waals surface area contributed by atoms with E-state index in [9.17, 15) is 24.0 Å². The van der Waals surface area contributed by atoms with E-state index in [0.29, 0.717) is 12.3 Å². The normalized spacial score (nSPS) is 18.0. The van der Waals surface area contributed by atoms with Gasteiger partial charge in [0.25, 0.3) is 11.8 Å². The van der Waals surface area contributed by atoms with Crippen LogP contribution in [0.15, 0.2) is 106 Å². The summed E-state index contributed by atoms with van der Waals surface area (Å²) >= 11 is 0. The molecule has 7 rings (SSSR count). The molecule has 0 radical (unpaired) electrons. The van der Waals surface area contributed by atoms with Gasteiger partial charge < -0.3 is 14.5 Å². The van der Waals surface area contributed by atoms with Crippen molar-refractivity contribution < 1.29 is 33.1 Å². The highest BCUT2D eigenvalue weighted by atomic mass is 16.5. The number of carbonyl (C=O) groups is 5. The molecule has 0 saturated carbocycles. The van der Waals surface area contributed by atoms with Crippen LogP contribution in [0.3, 0.4) is 0 Å². The molecule has 11 nitrogen and oxygen atoms in total. The Bertz CT molecular complexity index is 2020. The van der Waals surface area contributed by atoms with Crippen LogP contribution in [0.25, 0.3) is 11.0 Å². The van der Waals surface area contributed by atoms with Gasteiger partial charge in [-0.05, 0) is 47.4 Å². The third-order valence-electron chi connectivity index (χ3n) is 8.46. The second-order valence-electron chi connectivity index (χ2n) is 11.7. The topological polar surface area (TPSA) is 147 Å². The second-order valence-corrected chi connectivity index (χ2v) is 11.7. The number of allylic oxidation sites excluding steroid dienone is 2. The summed E-state index contributed by atoms with van der Waals surface area (Å²) in [6.45, 7) is 0.650. The van der Waals surface area contributed by atoms with Gasteiger partial charge in [0.2, 0.25) is 17.7 Å². The zero-order valence-electron chi connectivity index (χ0n) is 25.7. The van der Waals surface area contributed by atoms with Crippen molar-refractivity contribution >= 4 is 46.7 Å². The fraction of sp³-hybridized carbons (Fsp3) is 0.189. The average Bonchev–Trinajstić information content (AvgIpc) is 3.48. The van der Waals surface area contributed by atoms with Crippen LogP contribution in [0.5, 0.6) is 5.75 Å². The highest BCUT2D eigenvalue weighted by Crippen LogP contribution is 2.34. The van der Waals surface area contributed by atoms with Gasteiger partial charge in [0, 0.05) is 18.0 Å². The molecule has 2 atom stereocenters. The molecule has 240 valence electrons.